The first-order valence-electron chi connectivity index (χ1n) is 11.2. The van der Waals surface area contributed by atoms with E-state index in [0.29, 0.717) is 0 Å². The number of aromatic nitrogens is 8. The second kappa shape index (κ2) is 8.22. The molecular weight excluding hydrogens is 461 g/mol. The van der Waals surface area contributed by atoms with Gasteiger partial charge in [0, 0.05) is 10.6 Å². The molecule has 8 nitrogen and oxygen atoms in total. The molecule has 0 aromatic carbocycles. The van der Waals surface area contributed by atoms with Crippen molar-refractivity contribution < 1.29 is 0 Å². The molecular formula is C22H32N8Si3. The van der Waals surface area contributed by atoms with Crippen LogP contribution < -0.4 is 21.5 Å². The Morgan fingerprint density at radius 1 is 0.576 bits per heavy atom. The minimum Gasteiger partial charge on any atom is -0.238 e. The van der Waals surface area contributed by atoms with Crippen molar-refractivity contribution in [3.8, 4) is 11.6 Å². The molecule has 172 valence electrons. The predicted molar refractivity (Wildman–Crippen MR) is 141 cm³/mol. The van der Waals surface area contributed by atoms with Crippen molar-refractivity contribution >= 4 is 45.8 Å². The van der Waals surface area contributed by atoms with E-state index in [1.54, 1.807) is 22.0 Å². The fourth-order valence-electron chi connectivity index (χ4n) is 3.36. The third-order valence-electron chi connectivity index (χ3n) is 5.54. The standard InChI is InChI=1S/C22H32N8Si3/c1-31(2,3)21-23-15-29(27-21)17-11-9-13-19(25-17)33(7,8)20-14-10-12-18(26-20)30-16-24-22(28-30)32(4,5)6/h9-16H,1-8H3. The van der Waals surface area contributed by atoms with Gasteiger partial charge >= 0.3 is 0 Å². The Morgan fingerprint density at radius 2 is 0.970 bits per heavy atom. The molecule has 11 heteroatoms. The van der Waals surface area contributed by atoms with E-state index in [2.05, 4.69) is 74.5 Å². The number of hydrogen-bond acceptors (Lipinski definition) is 6. The number of nitrogens with zero attached hydrogens (tertiary/aromatic N) is 8. The van der Waals surface area contributed by atoms with Gasteiger partial charge in [-0.25, -0.2) is 29.3 Å². The maximum absolute atomic E-state index is 4.99. The molecule has 4 aromatic heterocycles. The SMILES string of the molecule is C[Si](C)(C)c1ncn(-c2cccc([Si](C)(C)c3cccc(-n4cnc([Si](C)(C)C)n4)n3)n2)n1. The van der Waals surface area contributed by atoms with Crippen LogP contribution in [0.25, 0.3) is 11.6 Å². The Morgan fingerprint density at radius 3 is 1.30 bits per heavy atom. The average molecular weight is 493 g/mol. The molecule has 4 rings (SSSR count). The van der Waals surface area contributed by atoms with Crippen molar-refractivity contribution in [1.29, 1.82) is 0 Å². The summed E-state index contributed by atoms with van der Waals surface area (Å²) in [6, 6.07) is 12.2. The van der Waals surface area contributed by atoms with E-state index in [1.807, 2.05) is 24.3 Å². The summed E-state index contributed by atoms with van der Waals surface area (Å²) in [5.74, 6) is 1.58. The largest absolute Gasteiger partial charge is 0.238 e. The molecule has 0 unspecified atom stereocenters. The highest BCUT2D eigenvalue weighted by molar-refractivity contribution is 6.99. The van der Waals surface area contributed by atoms with Gasteiger partial charge in [0.15, 0.2) is 19.7 Å². The second-order valence-corrected chi connectivity index (χ2v) is 25.1. The van der Waals surface area contributed by atoms with Gasteiger partial charge in [-0.15, -0.1) is 0 Å². The van der Waals surface area contributed by atoms with Crippen LogP contribution in [0.5, 0.6) is 0 Å². The van der Waals surface area contributed by atoms with Gasteiger partial charge in [0.05, 0.1) is 0 Å². The van der Waals surface area contributed by atoms with Crippen LogP contribution in [-0.2, 0) is 0 Å². The lowest BCUT2D eigenvalue weighted by Gasteiger charge is -2.22. The molecule has 33 heavy (non-hydrogen) atoms. The van der Waals surface area contributed by atoms with Crippen molar-refractivity contribution in [2.75, 3.05) is 0 Å². The van der Waals surface area contributed by atoms with E-state index in [1.165, 1.54) is 0 Å². The number of hydrogen-bond donors (Lipinski definition) is 0. The molecule has 0 radical (unpaired) electrons. The summed E-state index contributed by atoms with van der Waals surface area (Å²) >= 11 is 0. The molecule has 0 saturated carbocycles. The molecule has 0 aliphatic carbocycles. The fourth-order valence-corrected chi connectivity index (χ4v) is 7.15. The van der Waals surface area contributed by atoms with E-state index in [9.17, 15) is 0 Å². The van der Waals surface area contributed by atoms with E-state index < -0.39 is 24.2 Å². The normalized spacial score (nSPS) is 12.8. The predicted octanol–water partition coefficient (Wildman–Crippen LogP) is 1.55. The third-order valence-corrected chi connectivity index (χ3v) is 11.8. The smallest absolute Gasteiger partial charge is 0.158 e. The van der Waals surface area contributed by atoms with Crippen molar-refractivity contribution in [2.24, 2.45) is 0 Å². The van der Waals surface area contributed by atoms with Gasteiger partial charge in [0.1, 0.15) is 39.7 Å². The summed E-state index contributed by atoms with van der Waals surface area (Å²) < 4.78 is 3.58. The van der Waals surface area contributed by atoms with Crippen molar-refractivity contribution in [3.63, 3.8) is 0 Å². The van der Waals surface area contributed by atoms with Crippen LogP contribution in [0.3, 0.4) is 0 Å². The van der Waals surface area contributed by atoms with Crippen LogP contribution in [0.2, 0.25) is 52.4 Å². The van der Waals surface area contributed by atoms with E-state index in [0.717, 1.165) is 33.2 Å². The van der Waals surface area contributed by atoms with E-state index in [4.69, 9.17) is 20.2 Å². The fraction of sp³-hybridized carbons (Fsp3) is 0.364. The van der Waals surface area contributed by atoms with Gasteiger partial charge in [0.25, 0.3) is 0 Å². The van der Waals surface area contributed by atoms with E-state index in [-0.39, 0.29) is 0 Å². The lowest BCUT2D eigenvalue weighted by atomic mass is 10.4. The van der Waals surface area contributed by atoms with Crippen molar-refractivity contribution in [1.82, 2.24) is 39.5 Å². The summed E-state index contributed by atoms with van der Waals surface area (Å²) in [7, 11) is -5.33. The number of pyridine rings is 2. The lowest BCUT2D eigenvalue weighted by molar-refractivity contribution is 0.853. The number of rotatable bonds is 6. The molecule has 0 fully saturated rings. The Kier molecular flexibility index (Phi) is 5.83. The molecule has 0 aliphatic rings. The van der Waals surface area contributed by atoms with Crippen LogP contribution in [-0.4, -0.2) is 63.7 Å². The summed E-state index contributed by atoms with van der Waals surface area (Å²) in [6.45, 7) is 18.0. The summed E-state index contributed by atoms with van der Waals surface area (Å²) in [6.07, 6.45) is 3.54. The van der Waals surface area contributed by atoms with Gasteiger partial charge in [-0.2, -0.15) is 10.2 Å². The van der Waals surface area contributed by atoms with Gasteiger partial charge < -0.3 is 0 Å². The highest BCUT2D eigenvalue weighted by atomic mass is 28.3. The van der Waals surface area contributed by atoms with Crippen LogP contribution in [0.4, 0.5) is 0 Å². The van der Waals surface area contributed by atoms with Crippen LogP contribution in [0.1, 0.15) is 0 Å². The monoisotopic (exact) mass is 492 g/mol. The maximum atomic E-state index is 4.99. The van der Waals surface area contributed by atoms with Crippen LogP contribution >= 0.6 is 0 Å². The first-order chi connectivity index (χ1) is 15.4. The Bertz CT molecular complexity index is 1180. The zero-order valence-corrected chi connectivity index (χ0v) is 23.7. The van der Waals surface area contributed by atoms with Crippen LogP contribution in [0.15, 0.2) is 49.1 Å². The molecule has 0 aliphatic heterocycles. The van der Waals surface area contributed by atoms with Crippen molar-refractivity contribution in [3.05, 3.63) is 49.1 Å². The second-order valence-electron chi connectivity index (χ2n) is 10.9. The Hall–Kier alpha value is -2.77. The molecule has 0 atom stereocenters. The Labute approximate surface area is 198 Å². The van der Waals surface area contributed by atoms with E-state index >= 15 is 0 Å². The van der Waals surface area contributed by atoms with Crippen molar-refractivity contribution in [2.45, 2.75) is 52.4 Å². The molecule has 0 spiro atoms. The maximum Gasteiger partial charge on any atom is 0.158 e. The average Bonchev–Trinajstić information content (AvgIpc) is 3.44. The van der Waals surface area contributed by atoms with Gasteiger partial charge in [-0.3, -0.25) is 0 Å². The molecule has 0 bridgehead atoms. The minimum atomic E-state index is -2.17. The van der Waals surface area contributed by atoms with Crippen LogP contribution in [0, 0.1) is 0 Å². The zero-order chi connectivity index (χ0) is 24.0. The third kappa shape index (κ3) is 4.80. The molecule has 0 N–H and O–H groups in total. The summed E-state index contributed by atoms with van der Waals surface area (Å²) in [4.78, 5) is 19.1. The molecule has 0 saturated heterocycles. The molecule has 4 aromatic rings. The highest BCUT2D eigenvalue weighted by Gasteiger charge is 2.31. The van der Waals surface area contributed by atoms with Gasteiger partial charge in [-0.1, -0.05) is 64.5 Å². The van der Waals surface area contributed by atoms with Gasteiger partial charge in [0.2, 0.25) is 0 Å². The Balaban J connectivity index is 1.68. The quantitative estimate of drug-likeness (QED) is 0.380. The summed E-state index contributed by atoms with van der Waals surface area (Å²) in [5, 5.41) is 11.5. The molecule has 0 amide bonds. The topological polar surface area (TPSA) is 87.2 Å². The first-order valence-corrected chi connectivity index (χ1v) is 21.2. The highest BCUT2D eigenvalue weighted by Crippen LogP contribution is 2.08. The first kappa shape index (κ1) is 23.4. The minimum absolute atomic E-state index is 0.789. The zero-order valence-electron chi connectivity index (χ0n) is 20.7. The van der Waals surface area contributed by atoms with Gasteiger partial charge in [-0.05, 0) is 24.3 Å². The lowest BCUT2D eigenvalue weighted by Crippen LogP contribution is -2.56. The summed E-state index contributed by atoms with van der Waals surface area (Å²) in [5.41, 5.74) is 1.87. The molecule has 4 heterocycles.